The van der Waals surface area contributed by atoms with Gasteiger partial charge < -0.3 is 4.74 Å². The zero-order valence-corrected chi connectivity index (χ0v) is 12.2. The van der Waals surface area contributed by atoms with Crippen LogP contribution in [0.1, 0.15) is 5.56 Å². The van der Waals surface area contributed by atoms with Crippen molar-refractivity contribution in [3.63, 3.8) is 0 Å². The van der Waals surface area contributed by atoms with Crippen molar-refractivity contribution in [2.75, 3.05) is 6.26 Å². The molecule has 0 spiro atoms. The standard InChI is InChI=1S/C14H12BrFOS/c1-18-11-7-5-10(6-8-11)9-17-14-12(15)3-2-4-13(14)16/h2-8H,9H2,1H3. The molecule has 0 aliphatic heterocycles. The van der Waals surface area contributed by atoms with Gasteiger partial charge >= 0.3 is 0 Å². The Balaban J connectivity index is 2.06. The summed E-state index contributed by atoms with van der Waals surface area (Å²) in [5, 5.41) is 0. The third kappa shape index (κ3) is 3.27. The summed E-state index contributed by atoms with van der Waals surface area (Å²) in [5.41, 5.74) is 1.02. The minimum atomic E-state index is -0.356. The summed E-state index contributed by atoms with van der Waals surface area (Å²) in [6, 6.07) is 12.8. The summed E-state index contributed by atoms with van der Waals surface area (Å²) in [4.78, 5) is 1.20. The van der Waals surface area contributed by atoms with E-state index >= 15 is 0 Å². The van der Waals surface area contributed by atoms with E-state index in [-0.39, 0.29) is 11.6 Å². The van der Waals surface area contributed by atoms with Gasteiger partial charge in [0.15, 0.2) is 11.6 Å². The van der Waals surface area contributed by atoms with Gasteiger partial charge in [-0.2, -0.15) is 0 Å². The molecule has 0 aromatic heterocycles. The van der Waals surface area contributed by atoms with Crippen LogP contribution in [0.15, 0.2) is 51.8 Å². The van der Waals surface area contributed by atoms with Crippen LogP contribution in [0.5, 0.6) is 5.75 Å². The normalized spacial score (nSPS) is 10.4. The lowest BCUT2D eigenvalue weighted by atomic mass is 10.2. The summed E-state index contributed by atoms with van der Waals surface area (Å²) in [6.45, 7) is 0.355. The predicted octanol–water partition coefficient (Wildman–Crippen LogP) is 4.89. The Morgan fingerprint density at radius 2 is 1.89 bits per heavy atom. The van der Waals surface area contributed by atoms with E-state index in [1.54, 1.807) is 23.9 Å². The molecular weight excluding hydrogens is 315 g/mol. The van der Waals surface area contributed by atoms with Gasteiger partial charge in [-0.1, -0.05) is 18.2 Å². The van der Waals surface area contributed by atoms with Crippen LogP contribution in [0, 0.1) is 5.82 Å². The Hall–Kier alpha value is -1.000. The van der Waals surface area contributed by atoms with Gasteiger partial charge in [0.1, 0.15) is 6.61 Å². The maximum absolute atomic E-state index is 13.5. The molecule has 0 amide bonds. The molecule has 94 valence electrons. The van der Waals surface area contributed by atoms with Crippen LogP contribution in [0.2, 0.25) is 0 Å². The van der Waals surface area contributed by atoms with Crippen LogP contribution in [0.25, 0.3) is 0 Å². The Bertz CT molecular complexity index is 508. The van der Waals surface area contributed by atoms with Crippen molar-refractivity contribution in [2.24, 2.45) is 0 Å². The highest BCUT2D eigenvalue weighted by Crippen LogP contribution is 2.28. The van der Waals surface area contributed by atoms with Gasteiger partial charge in [0.2, 0.25) is 0 Å². The minimum Gasteiger partial charge on any atom is -0.485 e. The minimum absolute atomic E-state index is 0.256. The lowest BCUT2D eigenvalue weighted by Crippen LogP contribution is -1.98. The molecular formula is C14H12BrFOS. The fraction of sp³-hybridized carbons (Fsp3) is 0.143. The molecule has 0 unspecified atom stereocenters. The van der Waals surface area contributed by atoms with Crippen molar-refractivity contribution >= 4 is 27.7 Å². The van der Waals surface area contributed by atoms with Crippen molar-refractivity contribution < 1.29 is 9.13 Å². The summed E-state index contributed by atoms with van der Waals surface area (Å²) >= 11 is 4.96. The first-order chi connectivity index (χ1) is 8.70. The first kappa shape index (κ1) is 13.4. The van der Waals surface area contributed by atoms with Crippen LogP contribution >= 0.6 is 27.7 Å². The molecule has 2 aromatic carbocycles. The van der Waals surface area contributed by atoms with E-state index in [2.05, 4.69) is 15.9 Å². The van der Waals surface area contributed by atoms with Crippen molar-refractivity contribution in [3.05, 3.63) is 58.3 Å². The van der Waals surface area contributed by atoms with Crippen molar-refractivity contribution in [1.29, 1.82) is 0 Å². The molecule has 0 aliphatic rings. The summed E-state index contributed by atoms with van der Waals surface area (Å²) in [7, 11) is 0. The summed E-state index contributed by atoms with van der Waals surface area (Å²) in [6.07, 6.45) is 2.03. The fourth-order valence-electron chi connectivity index (χ4n) is 1.50. The van der Waals surface area contributed by atoms with E-state index < -0.39 is 0 Å². The average molecular weight is 327 g/mol. The highest BCUT2D eigenvalue weighted by atomic mass is 79.9. The molecule has 0 saturated carbocycles. The fourth-order valence-corrected chi connectivity index (χ4v) is 2.36. The first-order valence-corrected chi connectivity index (χ1v) is 7.42. The number of ether oxygens (including phenoxy) is 1. The van der Waals surface area contributed by atoms with Crippen molar-refractivity contribution in [2.45, 2.75) is 11.5 Å². The van der Waals surface area contributed by atoms with Crippen LogP contribution in [0.4, 0.5) is 4.39 Å². The SMILES string of the molecule is CSc1ccc(COc2c(F)cccc2Br)cc1. The highest BCUT2D eigenvalue weighted by Gasteiger charge is 2.07. The summed E-state index contributed by atoms with van der Waals surface area (Å²) in [5.74, 6) is -0.100. The van der Waals surface area contributed by atoms with Crippen molar-refractivity contribution in [1.82, 2.24) is 0 Å². The second-order valence-electron chi connectivity index (χ2n) is 3.69. The molecule has 0 atom stereocenters. The zero-order valence-electron chi connectivity index (χ0n) is 9.82. The number of halogens is 2. The van der Waals surface area contributed by atoms with Gasteiger partial charge in [-0.15, -0.1) is 11.8 Å². The third-order valence-corrected chi connectivity index (χ3v) is 3.83. The molecule has 0 N–H and O–H groups in total. The smallest absolute Gasteiger partial charge is 0.169 e. The van der Waals surface area contributed by atoms with Crippen LogP contribution in [0.3, 0.4) is 0 Å². The maximum atomic E-state index is 13.5. The number of benzene rings is 2. The van der Waals surface area contributed by atoms with Crippen LogP contribution < -0.4 is 4.74 Å². The molecule has 2 aromatic rings. The van der Waals surface area contributed by atoms with Gasteiger partial charge in [-0.05, 0) is 52.0 Å². The van der Waals surface area contributed by atoms with Crippen LogP contribution in [-0.4, -0.2) is 6.26 Å². The van der Waals surface area contributed by atoms with Gasteiger partial charge in [0, 0.05) is 4.90 Å². The second kappa shape index (κ2) is 6.25. The van der Waals surface area contributed by atoms with E-state index in [0.717, 1.165) is 5.56 Å². The largest absolute Gasteiger partial charge is 0.485 e. The molecule has 0 radical (unpaired) electrons. The van der Waals surface area contributed by atoms with Gasteiger partial charge in [0.25, 0.3) is 0 Å². The Morgan fingerprint density at radius 3 is 2.50 bits per heavy atom. The van der Waals surface area contributed by atoms with E-state index in [0.29, 0.717) is 11.1 Å². The van der Waals surface area contributed by atoms with E-state index in [9.17, 15) is 4.39 Å². The third-order valence-electron chi connectivity index (χ3n) is 2.46. The van der Waals surface area contributed by atoms with Gasteiger partial charge in [-0.3, -0.25) is 0 Å². The van der Waals surface area contributed by atoms with Crippen LogP contribution in [-0.2, 0) is 6.61 Å². The Labute approximate surface area is 118 Å². The highest BCUT2D eigenvalue weighted by molar-refractivity contribution is 9.10. The molecule has 0 aliphatic carbocycles. The molecule has 1 nitrogen and oxygen atoms in total. The number of hydrogen-bond acceptors (Lipinski definition) is 2. The quantitative estimate of drug-likeness (QED) is 0.740. The zero-order chi connectivity index (χ0) is 13.0. The molecule has 18 heavy (non-hydrogen) atoms. The Kier molecular flexibility index (Phi) is 4.66. The molecule has 0 fully saturated rings. The van der Waals surface area contributed by atoms with Gasteiger partial charge in [0.05, 0.1) is 4.47 Å². The van der Waals surface area contributed by atoms with Crippen molar-refractivity contribution in [3.8, 4) is 5.75 Å². The molecule has 0 heterocycles. The topological polar surface area (TPSA) is 9.23 Å². The lowest BCUT2D eigenvalue weighted by molar-refractivity contribution is 0.288. The predicted molar refractivity (Wildman–Crippen MR) is 76.7 cm³/mol. The van der Waals surface area contributed by atoms with E-state index in [1.807, 2.05) is 30.5 Å². The number of hydrogen-bond donors (Lipinski definition) is 0. The average Bonchev–Trinajstić information content (AvgIpc) is 2.39. The van der Waals surface area contributed by atoms with Gasteiger partial charge in [-0.25, -0.2) is 4.39 Å². The molecule has 0 bridgehead atoms. The number of thioether (sulfide) groups is 1. The maximum Gasteiger partial charge on any atom is 0.169 e. The molecule has 2 rings (SSSR count). The Morgan fingerprint density at radius 1 is 1.17 bits per heavy atom. The molecule has 0 saturated heterocycles. The monoisotopic (exact) mass is 326 g/mol. The summed E-state index contributed by atoms with van der Waals surface area (Å²) < 4.78 is 19.6. The number of para-hydroxylation sites is 1. The second-order valence-corrected chi connectivity index (χ2v) is 5.42. The molecule has 4 heteroatoms. The number of rotatable bonds is 4. The lowest BCUT2D eigenvalue weighted by Gasteiger charge is -2.09. The first-order valence-electron chi connectivity index (χ1n) is 5.40. The van der Waals surface area contributed by atoms with E-state index in [4.69, 9.17) is 4.74 Å². The van der Waals surface area contributed by atoms with E-state index in [1.165, 1.54) is 11.0 Å².